The number of benzene rings is 1. The van der Waals surface area contributed by atoms with Crippen molar-refractivity contribution in [3.63, 3.8) is 0 Å². The number of guanidine groups is 1. The van der Waals surface area contributed by atoms with Gasteiger partial charge in [0, 0.05) is 19.6 Å². The Morgan fingerprint density at radius 2 is 1.96 bits per heavy atom. The number of nitrogens with zero attached hydrogens (tertiary/aromatic N) is 2. The van der Waals surface area contributed by atoms with Gasteiger partial charge in [0.05, 0.1) is 13.1 Å². The fourth-order valence-electron chi connectivity index (χ4n) is 3.18. The highest BCUT2D eigenvalue weighted by atomic mass is 19.4. The van der Waals surface area contributed by atoms with Crippen molar-refractivity contribution in [3.05, 3.63) is 35.9 Å². The number of halogens is 3. The van der Waals surface area contributed by atoms with Gasteiger partial charge in [0.15, 0.2) is 5.96 Å². The quantitative estimate of drug-likeness (QED) is 0.497. The molecule has 2 atom stereocenters. The summed E-state index contributed by atoms with van der Waals surface area (Å²) in [5, 5.41) is 17.0. The predicted octanol–water partition coefficient (Wildman–Crippen LogP) is 2.33. The Labute approximate surface area is 158 Å². The van der Waals surface area contributed by atoms with E-state index in [4.69, 9.17) is 0 Å². The van der Waals surface area contributed by atoms with Gasteiger partial charge < -0.3 is 15.7 Å². The van der Waals surface area contributed by atoms with Crippen LogP contribution in [0, 0.1) is 5.92 Å². The zero-order valence-electron chi connectivity index (χ0n) is 15.9. The van der Waals surface area contributed by atoms with Gasteiger partial charge in [0.2, 0.25) is 0 Å². The van der Waals surface area contributed by atoms with Crippen LogP contribution in [0.15, 0.2) is 35.3 Å². The lowest BCUT2D eigenvalue weighted by Crippen LogP contribution is -2.41. The monoisotopic (exact) mass is 386 g/mol. The molecule has 0 radical (unpaired) electrons. The summed E-state index contributed by atoms with van der Waals surface area (Å²) >= 11 is 0. The predicted molar refractivity (Wildman–Crippen MR) is 101 cm³/mol. The van der Waals surface area contributed by atoms with Gasteiger partial charge in [-0.2, -0.15) is 13.2 Å². The number of aliphatic hydroxyl groups is 1. The van der Waals surface area contributed by atoms with Gasteiger partial charge in [0.25, 0.3) is 0 Å². The van der Waals surface area contributed by atoms with Crippen LogP contribution in [0.2, 0.25) is 0 Å². The molecule has 0 aliphatic carbocycles. The van der Waals surface area contributed by atoms with E-state index in [9.17, 15) is 18.3 Å². The largest absolute Gasteiger partial charge is 0.401 e. The van der Waals surface area contributed by atoms with E-state index in [2.05, 4.69) is 15.6 Å². The number of likely N-dealkylation sites (tertiary alicyclic amines) is 1. The first-order valence-electron chi connectivity index (χ1n) is 9.29. The summed E-state index contributed by atoms with van der Waals surface area (Å²) in [6.45, 7) is 5.07. The molecular formula is C19H29F3N4O. The molecule has 8 heteroatoms. The highest BCUT2D eigenvalue weighted by Gasteiger charge is 2.34. The van der Waals surface area contributed by atoms with Gasteiger partial charge in [-0.3, -0.25) is 4.90 Å². The molecule has 0 spiro atoms. The van der Waals surface area contributed by atoms with E-state index in [1.54, 1.807) is 6.92 Å². The third kappa shape index (κ3) is 7.38. The second kappa shape index (κ2) is 9.41. The number of aliphatic imine (C=N–C) groups is 1. The van der Waals surface area contributed by atoms with Crippen LogP contribution in [-0.4, -0.2) is 61.4 Å². The molecule has 0 aromatic heterocycles. The smallest absolute Gasteiger partial charge is 0.384 e. The van der Waals surface area contributed by atoms with Crippen molar-refractivity contribution < 1.29 is 18.3 Å². The fourth-order valence-corrected chi connectivity index (χ4v) is 3.18. The molecule has 2 unspecified atom stereocenters. The van der Waals surface area contributed by atoms with Gasteiger partial charge in [-0.25, -0.2) is 4.99 Å². The highest BCUT2D eigenvalue weighted by Crippen LogP contribution is 2.22. The minimum atomic E-state index is -4.15. The number of hydrogen-bond acceptors (Lipinski definition) is 3. The number of alkyl halides is 3. The van der Waals surface area contributed by atoms with Crippen LogP contribution in [0.5, 0.6) is 0 Å². The van der Waals surface area contributed by atoms with Crippen molar-refractivity contribution in [2.24, 2.45) is 10.9 Å². The van der Waals surface area contributed by atoms with Gasteiger partial charge in [-0.15, -0.1) is 0 Å². The standard InChI is InChI=1S/C19H29F3N4O/c1-3-23-17(25-13-18(2,27)16-7-5-4-6-8-16)24-11-15-9-10-26(12-15)14-19(20,21)22/h4-8,15,27H,3,9-14H2,1-2H3,(H2,23,24,25). The Bertz CT molecular complexity index is 605. The summed E-state index contributed by atoms with van der Waals surface area (Å²) < 4.78 is 37.5. The molecule has 3 N–H and O–H groups in total. The molecule has 0 bridgehead atoms. The Kier molecular flexibility index (Phi) is 7.49. The average Bonchev–Trinajstić information content (AvgIpc) is 3.03. The lowest BCUT2D eigenvalue weighted by atomic mass is 9.96. The Morgan fingerprint density at radius 1 is 1.26 bits per heavy atom. The lowest BCUT2D eigenvalue weighted by Gasteiger charge is -2.23. The molecular weight excluding hydrogens is 357 g/mol. The van der Waals surface area contributed by atoms with Crippen LogP contribution in [-0.2, 0) is 5.60 Å². The van der Waals surface area contributed by atoms with Crippen LogP contribution in [0.4, 0.5) is 13.2 Å². The third-order valence-electron chi connectivity index (χ3n) is 4.62. The summed E-state index contributed by atoms with van der Waals surface area (Å²) in [6.07, 6.45) is -3.42. The Morgan fingerprint density at radius 3 is 2.59 bits per heavy atom. The van der Waals surface area contributed by atoms with Gasteiger partial charge in [-0.1, -0.05) is 30.3 Å². The summed E-state index contributed by atoms with van der Waals surface area (Å²) in [5.41, 5.74) is -0.316. The van der Waals surface area contributed by atoms with Crippen molar-refractivity contribution in [3.8, 4) is 0 Å². The number of rotatable bonds is 7. The lowest BCUT2D eigenvalue weighted by molar-refractivity contribution is -0.143. The first-order chi connectivity index (χ1) is 12.7. The summed E-state index contributed by atoms with van der Waals surface area (Å²) in [7, 11) is 0. The number of nitrogens with one attached hydrogen (secondary N) is 2. The van der Waals surface area contributed by atoms with Crippen LogP contribution in [0.3, 0.4) is 0 Å². The molecule has 1 heterocycles. The fraction of sp³-hybridized carbons (Fsp3) is 0.632. The van der Waals surface area contributed by atoms with Gasteiger partial charge >= 0.3 is 6.18 Å². The summed E-state index contributed by atoms with van der Waals surface area (Å²) in [4.78, 5) is 5.89. The molecule has 27 heavy (non-hydrogen) atoms. The highest BCUT2D eigenvalue weighted by molar-refractivity contribution is 5.79. The SMILES string of the molecule is CCNC(=NCC(C)(O)c1ccccc1)NCC1CCN(CC(F)(F)F)C1. The maximum Gasteiger partial charge on any atom is 0.401 e. The molecule has 0 saturated carbocycles. The van der Waals surface area contributed by atoms with Gasteiger partial charge in [0.1, 0.15) is 5.60 Å². The van der Waals surface area contributed by atoms with Crippen molar-refractivity contribution >= 4 is 5.96 Å². The first kappa shape index (κ1) is 21.5. The zero-order valence-corrected chi connectivity index (χ0v) is 15.9. The molecule has 152 valence electrons. The second-order valence-corrected chi connectivity index (χ2v) is 7.22. The van der Waals surface area contributed by atoms with Crippen molar-refractivity contribution in [2.75, 3.05) is 39.3 Å². The molecule has 1 saturated heterocycles. The minimum Gasteiger partial charge on any atom is -0.384 e. The van der Waals surface area contributed by atoms with Gasteiger partial charge in [-0.05, 0) is 38.3 Å². The van der Waals surface area contributed by atoms with Crippen LogP contribution < -0.4 is 10.6 Å². The van der Waals surface area contributed by atoms with E-state index in [0.29, 0.717) is 32.1 Å². The molecule has 2 rings (SSSR count). The molecule has 1 aliphatic heterocycles. The Balaban J connectivity index is 1.87. The molecule has 1 fully saturated rings. The van der Waals surface area contributed by atoms with Crippen molar-refractivity contribution in [1.29, 1.82) is 0 Å². The molecule has 1 aromatic carbocycles. The third-order valence-corrected chi connectivity index (χ3v) is 4.62. The molecule has 1 aromatic rings. The van der Waals surface area contributed by atoms with E-state index in [1.165, 1.54) is 4.90 Å². The average molecular weight is 386 g/mol. The van der Waals surface area contributed by atoms with E-state index in [-0.39, 0.29) is 12.5 Å². The van der Waals surface area contributed by atoms with E-state index >= 15 is 0 Å². The molecule has 0 amide bonds. The minimum absolute atomic E-state index is 0.144. The van der Waals surface area contributed by atoms with E-state index in [1.807, 2.05) is 37.3 Å². The normalized spacial score (nSPS) is 21.1. The van der Waals surface area contributed by atoms with Crippen LogP contribution in [0.25, 0.3) is 0 Å². The second-order valence-electron chi connectivity index (χ2n) is 7.22. The maximum atomic E-state index is 12.5. The Hall–Kier alpha value is -1.80. The maximum absolute atomic E-state index is 12.5. The zero-order chi connectivity index (χ0) is 19.9. The summed E-state index contributed by atoms with van der Waals surface area (Å²) in [5.74, 6) is 0.703. The molecule has 5 nitrogen and oxygen atoms in total. The summed E-state index contributed by atoms with van der Waals surface area (Å²) in [6, 6.07) is 9.32. The van der Waals surface area contributed by atoms with Crippen molar-refractivity contribution in [2.45, 2.75) is 32.0 Å². The van der Waals surface area contributed by atoms with Crippen LogP contribution >= 0.6 is 0 Å². The van der Waals surface area contributed by atoms with Crippen molar-refractivity contribution in [1.82, 2.24) is 15.5 Å². The van der Waals surface area contributed by atoms with E-state index < -0.39 is 18.3 Å². The topological polar surface area (TPSA) is 59.9 Å². The van der Waals surface area contributed by atoms with Crippen LogP contribution in [0.1, 0.15) is 25.8 Å². The molecule has 1 aliphatic rings. The number of hydrogen-bond donors (Lipinski definition) is 3. The van der Waals surface area contributed by atoms with E-state index in [0.717, 1.165) is 12.0 Å². The first-order valence-corrected chi connectivity index (χ1v) is 9.29.